The average molecular weight is 389 g/mol. The van der Waals surface area contributed by atoms with Crippen LogP contribution in [0.15, 0.2) is 42.5 Å². The van der Waals surface area contributed by atoms with Gasteiger partial charge in [-0.05, 0) is 29.8 Å². The number of amides is 1. The lowest BCUT2D eigenvalue weighted by Gasteiger charge is -2.36. The van der Waals surface area contributed by atoms with Gasteiger partial charge in [-0.15, -0.1) is 0 Å². The maximum atomic E-state index is 13.9. The van der Waals surface area contributed by atoms with Crippen LogP contribution in [0.5, 0.6) is 5.75 Å². The molecule has 0 atom stereocenters. The predicted octanol–water partition coefficient (Wildman–Crippen LogP) is 2.75. The van der Waals surface area contributed by atoms with E-state index in [9.17, 15) is 13.6 Å². The molecule has 1 aliphatic rings. The molecule has 150 valence electrons. The molecule has 28 heavy (non-hydrogen) atoms. The van der Waals surface area contributed by atoms with Gasteiger partial charge in [0.15, 0.2) is 11.6 Å². The third-order valence-corrected chi connectivity index (χ3v) is 4.99. The Balaban J connectivity index is 1.50. The number of carbonyl (C=O) groups is 1. The number of benzene rings is 2. The Kier molecular flexibility index (Phi) is 6.46. The first kappa shape index (κ1) is 20.1. The fraction of sp³-hybridized carbons (Fsp3) is 0.381. The monoisotopic (exact) mass is 389 g/mol. The molecule has 0 spiro atoms. The molecule has 0 aromatic heterocycles. The number of carbonyl (C=O) groups excluding carboxylic acids is 1. The normalized spacial score (nSPS) is 14.8. The third-order valence-electron chi connectivity index (χ3n) is 4.99. The lowest BCUT2D eigenvalue weighted by Crippen LogP contribution is -2.49. The molecule has 0 saturated carbocycles. The van der Waals surface area contributed by atoms with Crippen molar-refractivity contribution >= 4 is 11.6 Å². The van der Waals surface area contributed by atoms with Gasteiger partial charge in [0.25, 0.3) is 0 Å². The van der Waals surface area contributed by atoms with E-state index in [1.165, 1.54) is 19.2 Å². The summed E-state index contributed by atoms with van der Waals surface area (Å²) in [6, 6.07) is 11.4. The summed E-state index contributed by atoms with van der Waals surface area (Å²) in [5, 5.41) is 0. The van der Waals surface area contributed by atoms with Gasteiger partial charge in [0.05, 0.1) is 19.3 Å². The van der Waals surface area contributed by atoms with Crippen molar-refractivity contribution < 1.29 is 18.3 Å². The zero-order valence-corrected chi connectivity index (χ0v) is 16.2. The zero-order valence-electron chi connectivity index (χ0n) is 16.2. The number of anilines is 1. The first-order valence-corrected chi connectivity index (χ1v) is 9.26. The lowest BCUT2D eigenvalue weighted by atomic mass is 10.2. The van der Waals surface area contributed by atoms with Crippen LogP contribution in [0.3, 0.4) is 0 Å². The van der Waals surface area contributed by atoms with Crippen molar-refractivity contribution in [3.8, 4) is 5.75 Å². The van der Waals surface area contributed by atoms with E-state index in [-0.39, 0.29) is 17.5 Å². The van der Waals surface area contributed by atoms with Gasteiger partial charge in [-0.1, -0.05) is 18.2 Å². The number of methoxy groups -OCH3 is 1. The quantitative estimate of drug-likeness (QED) is 0.761. The smallest absolute Gasteiger partial charge is 0.236 e. The summed E-state index contributed by atoms with van der Waals surface area (Å²) in [5.74, 6) is -0.510. The van der Waals surface area contributed by atoms with Gasteiger partial charge in [-0.2, -0.15) is 0 Å². The Labute approximate surface area is 164 Å². The summed E-state index contributed by atoms with van der Waals surface area (Å²) in [4.78, 5) is 18.2. The second-order valence-corrected chi connectivity index (χ2v) is 6.93. The minimum absolute atomic E-state index is 0.0319. The van der Waals surface area contributed by atoms with E-state index < -0.39 is 5.82 Å². The summed E-state index contributed by atoms with van der Waals surface area (Å²) in [5.41, 5.74) is 1.31. The largest absolute Gasteiger partial charge is 0.494 e. The molecule has 0 aliphatic carbocycles. The van der Waals surface area contributed by atoms with Crippen molar-refractivity contribution in [2.24, 2.45) is 0 Å². The van der Waals surface area contributed by atoms with Crippen molar-refractivity contribution in [3.05, 3.63) is 59.7 Å². The van der Waals surface area contributed by atoms with Gasteiger partial charge in [0.1, 0.15) is 5.82 Å². The number of hydrogen-bond donors (Lipinski definition) is 0. The summed E-state index contributed by atoms with van der Waals surface area (Å²) in [7, 11) is 3.12. The van der Waals surface area contributed by atoms with Crippen molar-refractivity contribution in [3.63, 3.8) is 0 Å². The first-order valence-electron chi connectivity index (χ1n) is 9.26. The molecule has 0 unspecified atom stereocenters. The molecule has 1 saturated heterocycles. The van der Waals surface area contributed by atoms with Crippen LogP contribution in [0.25, 0.3) is 0 Å². The number of nitrogens with zero attached hydrogens (tertiary/aromatic N) is 3. The van der Waals surface area contributed by atoms with E-state index in [1.807, 2.05) is 11.0 Å². The Hall–Kier alpha value is -2.67. The van der Waals surface area contributed by atoms with Crippen LogP contribution in [0.2, 0.25) is 0 Å². The Morgan fingerprint density at radius 3 is 2.43 bits per heavy atom. The van der Waals surface area contributed by atoms with Crippen LogP contribution in [0.1, 0.15) is 5.56 Å². The van der Waals surface area contributed by atoms with Gasteiger partial charge in [0, 0.05) is 39.8 Å². The highest BCUT2D eigenvalue weighted by molar-refractivity contribution is 5.78. The second kappa shape index (κ2) is 9.01. The van der Waals surface area contributed by atoms with Crippen LogP contribution in [0, 0.1) is 11.6 Å². The van der Waals surface area contributed by atoms with Crippen LogP contribution < -0.4 is 9.64 Å². The third kappa shape index (κ3) is 4.78. The molecule has 0 radical (unpaired) electrons. The molecule has 1 fully saturated rings. The number of para-hydroxylation sites is 1. The number of piperazine rings is 1. The molecular weight excluding hydrogens is 364 g/mol. The number of likely N-dealkylation sites (N-methyl/N-ethyl adjacent to an activating group) is 1. The molecule has 7 heteroatoms. The summed E-state index contributed by atoms with van der Waals surface area (Å²) in [6.07, 6.45) is 0. The highest BCUT2D eigenvalue weighted by Gasteiger charge is 2.22. The van der Waals surface area contributed by atoms with Gasteiger partial charge in [-0.25, -0.2) is 8.78 Å². The maximum Gasteiger partial charge on any atom is 0.236 e. The maximum absolute atomic E-state index is 13.9. The number of halogens is 2. The molecule has 1 heterocycles. The van der Waals surface area contributed by atoms with Gasteiger partial charge < -0.3 is 14.5 Å². The predicted molar refractivity (Wildman–Crippen MR) is 104 cm³/mol. The SMILES string of the molecule is COc1ccc(CN(C)C(=O)CN2CCN(c3ccccc3F)CC2)cc1F. The number of ether oxygens (including phenoxy) is 1. The van der Waals surface area contributed by atoms with E-state index in [0.717, 1.165) is 0 Å². The van der Waals surface area contributed by atoms with E-state index in [0.29, 0.717) is 50.5 Å². The summed E-state index contributed by atoms with van der Waals surface area (Å²) >= 11 is 0. The van der Waals surface area contributed by atoms with E-state index in [1.54, 1.807) is 36.2 Å². The van der Waals surface area contributed by atoms with Crippen molar-refractivity contribution in [2.75, 3.05) is 51.8 Å². The number of rotatable bonds is 6. The minimum Gasteiger partial charge on any atom is -0.494 e. The standard InChI is InChI=1S/C21H25F2N3O2/c1-24(14-16-7-8-20(28-2)18(23)13-16)21(27)15-25-9-11-26(12-10-25)19-6-4-3-5-17(19)22/h3-8,13H,9-12,14-15H2,1-2H3. The molecule has 5 nitrogen and oxygen atoms in total. The highest BCUT2D eigenvalue weighted by Crippen LogP contribution is 2.21. The zero-order chi connectivity index (χ0) is 20.1. The van der Waals surface area contributed by atoms with E-state index >= 15 is 0 Å². The van der Waals surface area contributed by atoms with E-state index in [4.69, 9.17) is 4.74 Å². The Bertz CT molecular complexity index is 823. The molecule has 1 amide bonds. The fourth-order valence-electron chi connectivity index (χ4n) is 3.34. The van der Waals surface area contributed by atoms with Crippen LogP contribution in [0.4, 0.5) is 14.5 Å². The van der Waals surface area contributed by atoms with Gasteiger partial charge in [0.2, 0.25) is 5.91 Å². The first-order chi connectivity index (χ1) is 13.5. The summed E-state index contributed by atoms with van der Waals surface area (Å²) < 4.78 is 32.6. The molecule has 3 rings (SSSR count). The molecular formula is C21H25F2N3O2. The van der Waals surface area contributed by atoms with Gasteiger partial charge >= 0.3 is 0 Å². The molecule has 2 aromatic carbocycles. The Morgan fingerprint density at radius 2 is 1.79 bits per heavy atom. The average Bonchev–Trinajstić information content (AvgIpc) is 2.69. The van der Waals surface area contributed by atoms with Crippen LogP contribution >= 0.6 is 0 Å². The minimum atomic E-state index is -0.440. The topological polar surface area (TPSA) is 36.0 Å². The van der Waals surface area contributed by atoms with Crippen LogP contribution in [-0.4, -0.2) is 62.6 Å². The fourth-order valence-corrected chi connectivity index (χ4v) is 3.34. The van der Waals surface area contributed by atoms with E-state index in [2.05, 4.69) is 4.90 Å². The summed E-state index contributed by atoms with van der Waals surface area (Å²) in [6.45, 7) is 3.33. The second-order valence-electron chi connectivity index (χ2n) is 6.93. The van der Waals surface area contributed by atoms with Crippen molar-refractivity contribution in [1.29, 1.82) is 0 Å². The molecule has 2 aromatic rings. The highest BCUT2D eigenvalue weighted by atomic mass is 19.1. The molecule has 0 N–H and O–H groups in total. The number of hydrogen-bond acceptors (Lipinski definition) is 4. The lowest BCUT2D eigenvalue weighted by molar-refractivity contribution is -0.131. The van der Waals surface area contributed by atoms with Gasteiger partial charge in [-0.3, -0.25) is 9.69 Å². The Morgan fingerprint density at radius 1 is 1.07 bits per heavy atom. The van der Waals surface area contributed by atoms with Crippen molar-refractivity contribution in [2.45, 2.75) is 6.54 Å². The molecule has 1 aliphatic heterocycles. The van der Waals surface area contributed by atoms with Crippen molar-refractivity contribution in [1.82, 2.24) is 9.80 Å². The molecule has 0 bridgehead atoms. The van der Waals surface area contributed by atoms with Crippen LogP contribution in [-0.2, 0) is 11.3 Å².